The van der Waals surface area contributed by atoms with E-state index >= 15 is 0 Å². The van der Waals surface area contributed by atoms with Gasteiger partial charge in [0.15, 0.2) is 5.78 Å². The van der Waals surface area contributed by atoms with Gasteiger partial charge < -0.3 is 5.11 Å². The largest absolute Gasteiger partial charge is 0.481 e. The SMILES string of the molecule is C=CC(=O)CCCCCC(=O)O. The van der Waals surface area contributed by atoms with Crippen LogP contribution in [0.15, 0.2) is 12.7 Å². The van der Waals surface area contributed by atoms with Crippen molar-refractivity contribution in [3.63, 3.8) is 0 Å². The highest BCUT2D eigenvalue weighted by atomic mass is 16.4. The van der Waals surface area contributed by atoms with E-state index in [0.29, 0.717) is 12.8 Å². The van der Waals surface area contributed by atoms with Crippen molar-refractivity contribution in [3.05, 3.63) is 12.7 Å². The number of carbonyl (C=O) groups excluding carboxylic acids is 1. The normalized spacial score (nSPS) is 9.33. The molecule has 68 valence electrons. The Hall–Kier alpha value is -1.12. The van der Waals surface area contributed by atoms with Crippen LogP contribution in [0.3, 0.4) is 0 Å². The van der Waals surface area contributed by atoms with Gasteiger partial charge in [0.25, 0.3) is 0 Å². The standard InChI is InChI=1S/C9H14O3/c1-2-8(10)6-4-3-5-7-9(11)12/h2H,1,3-7H2,(H,11,12). The number of carbonyl (C=O) groups is 2. The molecule has 0 aliphatic carbocycles. The van der Waals surface area contributed by atoms with E-state index < -0.39 is 5.97 Å². The van der Waals surface area contributed by atoms with Gasteiger partial charge >= 0.3 is 5.97 Å². The van der Waals surface area contributed by atoms with Crippen molar-refractivity contribution in [2.24, 2.45) is 0 Å². The zero-order valence-corrected chi connectivity index (χ0v) is 7.08. The van der Waals surface area contributed by atoms with Crippen molar-refractivity contribution in [3.8, 4) is 0 Å². The number of rotatable bonds is 7. The second kappa shape index (κ2) is 6.58. The van der Waals surface area contributed by atoms with Crippen LogP contribution in [0.2, 0.25) is 0 Å². The number of carboxylic acids is 1. The fourth-order valence-corrected chi connectivity index (χ4v) is 0.854. The lowest BCUT2D eigenvalue weighted by Crippen LogP contribution is -1.95. The summed E-state index contributed by atoms with van der Waals surface area (Å²) in [7, 11) is 0. The van der Waals surface area contributed by atoms with E-state index in [1.165, 1.54) is 6.08 Å². The van der Waals surface area contributed by atoms with Gasteiger partial charge in [0.05, 0.1) is 0 Å². The van der Waals surface area contributed by atoms with Gasteiger partial charge in [-0.25, -0.2) is 0 Å². The van der Waals surface area contributed by atoms with Crippen LogP contribution in [0.5, 0.6) is 0 Å². The molecule has 0 amide bonds. The van der Waals surface area contributed by atoms with Gasteiger partial charge in [-0.05, 0) is 18.9 Å². The van der Waals surface area contributed by atoms with Crippen molar-refractivity contribution in [1.29, 1.82) is 0 Å². The minimum absolute atomic E-state index is 0.0327. The summed E-state index contributed by atoms with van der Waals surface area (Å²) in [6, 6.07) is 0. The average molecular weight is 170 g/mol. The Kier molecular flexibility index (Phi) is 5.97. The van der Waals surface area contributed by atoms with E-state index in [9.17, 15) is 9.59 Å². The third-order valence-electron chi connectivity index (χ3n) is 1.54. The molecule has 1 N–H and O–H groups in total. The lowest BCUT2D eigenvalue weighted by molar-refractivity contribution is -0.137. The maximum Gasteiger partial charge on any atom is 0.303 e. The van der Waals surface area contributed by atoms with Gasteiger partial charge in [0.1, 0.15) is 0 Å². The first-order valence-electron chi connectivity index (χ1n) is 4.04. The lowest BCUT2D eigenvalue weighted by atomic mass is 10.1. The quantitative estimate of drug-likeness (QED) is 0.468. The minimum Gasteiger partial charge on any atom is -0.481 e. The van der Waals surface area contributed by atoms with Gasteiger partial charge in [-0.15, -0.1) is 0 Å². The molecule has 3 nitrogen and oxygen atoms in total. The molecule has 0 aromatic rings. The molecule has 0 saturated heterocycles. The smallest absolute Gasteiger partial charge is 0.303 e. The average Bonchev–Trinajstić information content (AvgIpc) is 2.03. The van der Waals surface area contributed by atoms with E-state index in [1.807, 2.05) is 0 Å². The van der Waals surface area contributed by atoms with Crippen LogP contribution in [0, 0.1) is 0 Å². The molecular weight excluding hydrogens is 156 g/mol. The monoisotopic (exact) mass is 170 g/mol. The van der Waals surface area contributed by atoms with Gasteiger partial charge in [0, 0.05) is 12.8 Å². The Morgan fingerprint density at radius 2 is 1.75 bits per heavy atom. The van der Waals surface area contributed by atoms with Gasteiger partial charge in [-0.1, -0.05) is 13.0 Å². The summed E-state index contributed by atoms with van der Waals surface area (Å²) in [4.78, 5) is 20.7. The van der Waals surface area contributed by atoms with Crippen molar-refractivity contribution < 1.29 is 14.7 Å². The van der Waals surface area contributed by atoms with Gasteiger partial charge in [-0.2, -0.15) is 0 Å². The molecule has 0 aromatic heterocycles. The molecule has 0 radical (unpaired) electrons. The summed E-state index contributed by atoms with van der Waals surface area (Å²) in [6.45, 7) is 3.34. The summed E-state index contributed by atoms with van der Waals surface area (Å²) in [5, 5.41) is 8.29. The molecule has 0 aromatic carbocycles. The van der Waals surface area contributed by atoms with Crippen LogP contribution in [0.4, 0.5) is 0 Å². The Balaban J connectivity index is 3.16. The van der Waals surface area contributed by atoms with Gasteiger partial charge in [0.2, 0.25) is 0 Å². The Labute approximate surface area is 72.1 Å². The van der Waals surface area contributed by atoms with Crippen LogP contribution < -0.4 is 0 Å². The van der Waals surface area contributed by atoms with E-state index in [0.717, 1.165) is 12.8 Å². The zero-order valence-electron chi connectivity index (χ0n) is 7.08. The number of ketones is 1. The summed E-state index contributed by atoms with van der Waals surface area (Å²) < 4.78 is 0. The van der Waals surface area contributed by atoms with E-state index in [1.54, 1.807) is 0 Å². The predicted molar refractivity (Wildman–Crippen MR) is 45.9 cm³/mol. The third kappa shape index (κ3) is 6.99. The zero-order chi connectivity index (χ0) is 9.40. The summed E-state index contributed by atoms with van der Waals surface area (Å²) >= 11 is 0. The van der Waals surface area contributed by atoms with Crippen LogP contribution in [0.1, 0.15) is 32.1 Å². The Morgan fingerprint density at radius 1 is 1.17 bits per heavy atom. The van der Waals surface area contributed by atoms with Gasteiger partial charge in [-0.3, -0.25) is 9.59 Å². The number of hydrogen-bond donors (Lipinski definition) is 1. The highest BCUT2D eigenvalue weighted by molar-refractivity contribution is 5.88. The maximum absolute atomic E-state index is 10.7. The first kappa shape index (κ1) is 10.9. The summed E-state index contributed by atoms with van der Waals surface area (Å²) in [6.07, 6.45) is 4.20. The number of allylic oxidation sites excluding steroid dienone is 1. The Bertz CT molecular complexity index is 173. The molecule has 0 heterocycles. The van der Waals surface area contributed by atoms with Crippen molar-refractivity contribution in [2.45, 2.75) is 32.1 Å². The summed E-state index contributed by atoms with van der Waals surface area (Å²) in [5.74, 6) is -0.740. The molecule has 12 heavy (non-hydrogen) atoms. The van der Waals surface area contributed by atoms with Crippen LogP contribution in [0.25, 0.3) is 0 Å². The number of aliphatic carboxylic acids is 1. The molecular formula is C9H14O3. The number of hydrogen-bond acceptors (Lipinski definition) is 2. The minimum atomic E-state index is -0.773. The molecule has 0 unspecified atom stereocenters. The topological polar surface area (TPSA) is 54.4 Å². The van der Waals surface area contributed by atoms with E-state index in [-0.39, 0.29) is 12.2 Å². The molecule has 0 fully saturated rings. The number of carboxylic acid groups (broad SMARTS) is 1. The van der Waals surface area contributed by atoms with E-state index in [4.69, 9.17) is 5.11 Å². The second-order valence-electron chi connectivity index (χ2n) is 2.62. The van der Waals surface area contributed by atoms with Crippen molar-refractivity contribution in [1.82, 2.24) is 0 Å². The van der Waals surface area contributed by atoms with Crippen LogP contribution in [-0.4, -0.2) is 16.9 Å². The predicted octanol–water partition coefficient (Wildman–Crippen LogP) is 1.78. The first-order chi connectivity index (χ1) is 5.66. The first-order valence-corrected chi connectivity index (χ1v) is 4.04. The molecule has 0 rings (SSSR count). The highest BCUT2D eigenvalue weighted by Crippen LogP contribution is 2.03. The highest BCUT2D eigenvalue weighted by Gasteiger charge is 1.98. The molecule has 0 atom stereocenters. The molecule has 0 bridgehead atoms. The molecule has 3 heteroatoms. The molecule has 0 aliphatic heterocycles. The van der Waals surface area contributed by atoms with Crippen LogP contribution >= 0.6 is 0 Å². The molecule has 0 spiro atoms. The van der Waals surface area contributed by atoms with E-state index in [2.05, 4.69) is 6.58 Å². The van der Waals surface area contributed by atoms with Crippen LogP contribution in [-0.2, 0) is 9.59 Å². The third-order valence-corrected chi connectivity index (χ3v) is 1.54. The van der Waals surface area contributed by atoms with Crippen molar-refractivity contribution in [2.75, 3.05) is 0 Å². The second-order valence-corrected chi connectivity index (χ2v) is 2.62. The Morgan fingerprint density at radius 3 is 2.25 bits per heavy atom. The maximum atomic E-state index is 10.7. The fraction of sp³-hybridized carbons (Fsp3) is 0.556. The fourth-order valence-electron chi connectivity index (χ4n) is 0.854. The molecule has 0 aliphatic rings. The summed E-state index contributed by atoms with van der Waals surface area (Å²) in [5.41, 5.74) is 0. The molecule has 0 saturated carbocycles. The van der Waals surface area contributed by atoms with Crippen molar-refractivity contribution >= 4 is 11.8 Å². The number of unbranched alkanes of at least 4 members (excludes halogenated alkanes) is 2. The lowest BCUT2D eigenvalue weighted by Gasteiger charge is -1.95.